The molecule has 1 heterocycles. The van der Waals surface area contributed by atoms with Crippen molar-refractivity contribution in [3.63, 3.8) is 0 Å². The molecule has 1 aromatic rings. The molecule has 1 unspecified atom stereocenters. The number of rotatable bonds is 6. The van der Waals surface area contributed by atoms with Gasteiger partial charge in [0.05, 0.1) is 12.5 Å². The number of para-hydroxylation sites is 1. The number of halogens is 2. The fourth-order valence-corrected chi connectivity index (χ4v) is 5.23. The number of primary amides is 1. The molecule has 2 N–H and O–H groups in total. The van der Waals surface area contributed by atoms with Crippen molar-refractivity contribution in [3.05, 3.63) is 36.5 Å². The van der Waals surface area contributed by atoms with Gasteiger partial charge in [0.1, 0.15) is 0 Å². The quantitative estimate of drug-likeness (QED) is 0.392. The molecule has 0 aromatic heterocycles. The van der Waals surface area contributed by atoms with Crippen LogP contribution in [0.3, 0.4) is 0 Å². The van der Waals surface area contributed by atoms with Gasteiger partial charge in [-0.2, -0.15) is 6.67 Å². The molecular weight excluding hydrogens is 554 g/mol. The minimum atomic E-state index is -3.32. The van der Waals surface area contributed by atoms with Crippen molar-refractivity contribution in [2.45, 2.75) is 13.0 Å². The number of nitrogens with zero attached hydrogens (tertiary/aromatic N) is 2. The Morgan fingerprint density at radius 3 is 2.03 bits per heavy atom. The molecule has 168 valence electrons. The molecule has 2 rings (SSSR count). The summed E-state index contributed by atoms with van der Waals surface area (Å²) >= 11 is -1.91. The van der Waals surface area contributed by atoms with Gasteiger partial charge in [-0.1, -0.05) is 0 Å². The first-order valence-electron chi connectivity index (χ1n) is 7.88. The van der Waals surface area contributed by atoms with Gasteiger partial charge in [0.25, 0.3) is 0 Å². The Morgan fingerprint density at radius 2 is 1.66 bits per heavy atom. The molecule has 1 aliphatic heterocycles. The smallest absolute Gasteiger partial charge is 0.185 e. The number of hydrogen-bond donors (Lipinski definition) is 1. The van der Waals surface area contributed by atoms with Gasteiger partial charge < -0.3 is 8.61 Å². The number of sulfonamides is 2. The predicted octanol–water partition coefficient (Wildman–Crippen LogP) is 0.658. The summed E-state index contributed by atoms with van der Waals surface area (Å²) in [6.07, 6.45) is 1.39. The molecule has 14 heteroatoms. The molecule has 1 aliphatic rings. The summed E-state index contributed by atoms with van der Waals surface area (Å²) in [6, 6.07) is 7.23. The fraction of sp³-hybridized carbons (Fsp3) is 0.400. The fourth-order valence-electron chi connectivity index (χ4n) is 1.96. The topological polar surface area (TPSA) is 127 Å². The minimum absolute atomic E-state index is 0.186. The average molecular weight is 576 g/mol. The van der Waals surface area contributed by atoms with Crippen LogP contribution in [0.2, 0.25) is 0 Å². The summed E-state index contributed by atoms with van der Waals surface area (Å²) < 4.78 is 53.1. The van der Waals surface area contributed by atoms with E-state index in [0.29, 0.717) is 5.75 Å². The third-order valence-electron chi connectivity index (χ3n) is 3.46. The van der Waals surface area contributed by atoms with Crippen molar-refractivity contribution < 1.29 is 39.9 Å². The van der Waals surface area contributed by atoms with Gasteiger partial charge in [0.2, 0.25) is 0 Å². The Kier molecular flexibility index (Phi) is 10.1. The monoisotopic (exact) mass is 576 g/mol. The van der Waals surface area contributed by atoms with Crippen LogP contribution in [0.1, 0.15) is 12.5 Å². The van der Waals surface area contributed by atoms with Crippen LogP contribution in [0.25, 0.3) is 0 Å². The first kappa shape index (κ1) is 26.4. The molecule has 29 heavy (non-hydrogen) atoms. The average Bonchev–Trinajstić information content (AvgIpc) is 3.07. The van der Waals surface area contributed by atoms with Crippen molar-refractivity contribution >= 4 is 49.9 Å². The molecule has 1 amide bonds. The van der Waals surface area contributed by atoms with Crippen LogP contribution in [-0.2, 0) is 38.4 Å². The van der Waals surface area contributed by atoms with E-state index in [9.17, 15) is 21.6 Å². The molecule has 1 atom stereocenters. The summed E-state index contributed by atoms with van der Waals surface area (Å²) in [5.41, 5.74) is 5.91. The number of carbonyl (C=O) groups is 1. The molecule has 0 aliphatic carbocycles. The summed E-state index contributed by atoms with van der Waals surface area (Å²) in [5, 5.41) is 0. The van der Waals surface area contributed by atoms with Crippen molar-refractivity contribution in [3.8, 4) is 5.75 Å². The number of ether oxygens (including phenoxy) is 1. The van der Waals surface area contributed by atoms with Gasteiger partial charge in [-0.3, -0.25) is 0 Å². The molecule has 0 bridgehead atoms. The van der Waals surface area contributed by atoms with Gasteiger partial charge in [-0.05, 0) is 13.1 Å². The second-order valence-electron chi connectivity index (χ2n) is 5.87. The van der Waals surface area contributed by atoms with Crippen molar-refractivity contribution in [1.82, 2.24) is 8.61 Å². The summed E-state index contributed by atoms with van der Waals surface area (Å²) in [5.74, 6) is 0.0505. The first-order chi connectivity index (χ1) is 13.2. The van der Waals surface area contributed by atoms with E-state index in [1.165, 1.54) is 0 Å². The maximum absolute atomic E-state index is 11.0. The number of carbonyl (C=O) groups excluding carboxylic acids is 1. The van der Waals surface area contributed by atoms with E-state index in [1.807, 2.05) is 12.1 Å². The van der Waals surface area contributed by atoms with Crippen LogP contribution in [0.15, 0.2) is 24.3 Å². The maximum atomic E-state index is 11.0. The number of amides is 1. The van der Waals surface area contributed by atoms with Crippen molar-refractivity contribution in [2.75, 3.05) is 25.6 Å². The summed E-state index contributed by atoms with van der Waals surface area (Å²) in [6.45, 7) is 3.07. The van der Waals surface area contributed by atoms with E-state index in [4.69, 9.17) is 29.9 Å². The molecule has 1 saturated heterocycles. The zero-order valence-corrected chi connectivity index (χ0v) is 20.7. The maximum Gasteiger partial charge on any atom is 0.185 e. The van der Waals surface area contributed by atoms with E-state index in [-0.39, 0.29) is 13.1 Å². The predicted molar refractivity (Wildman–Crippen MR) is 110 cm³/mol. The Hall–Kier alpha value is -0.617. The summed E-state index contributed by atoms with van der Waals surface area (Å²) in [7, 11) is 4.93. The molecule has 1 fully saturated rings. The zero-order chi connectivity index (χ0) is 22.4. The number of benzene rings is 1. The third kappa shape index (κ3) is 9.37. The zero-order valence-electron chi connectivity index (χ0n) is 15.8. The Balaban J connectivity index is 0.000000296. The Morgan fingerprint density at radius 1 is 1.17 bits per heavy atom. The van der Waals surface area contributed by atoms with E-state index >= 15 is 0 Å². The van der Waals surface area contributed by atoms with Crippen molar-refractivity contribution in [1.29, 1.82) is 0 Å². The standard InChI is InChI=1S/C10H11NO2.C5H11N2O4S2.2ClH.Ru/c1-7-5-3-4-6-9(7)13-8(2)10(11)12;1-12(8,9)6-3-4-7(5-6)13(2,10)11;;;/h1,3-6,8H,2H3,(H2,11,12);5H,3-4H2,1-2H3;2*1H;/q;-1;;;+2/p-2. The van der Waals surface area contributed by atoms with Crippen molar-refractivity contribution in [2.24, 2.45) is 5.73 Å². The van der Waals surface area contributed by atoms with Crippen LogP contribution in [0, 0.1) is 6.67 Å². The van der Waals surface area contributed by atoms with Crippen LogP contribution >= 0.6 is 19.4 Å². The largest absolute Gasteiger partial charge is 0.336 e. The summed E-state index contributed by atoms with van der Waals surface area (Å²) in [4.78, 5) is 10.9. The minimum Gasteiger partial charge on any atom is -0.336 e. The van der Waals surface area contributed by atoms with Gasteiger partial charge in [-0.15, -0.1) is 0 Å². The van der Waals surface area contributed by atoms with Gasteiger partial charge in [0.15, 0.2) is 20.0 Å². The second kappa shape index (κ2) is 11.1. The SMILES string of the molecule is CC(Oc1ccccc1[CH]=[Ru]([Cl])[Cl])C(N)=O.CS(=O)(=O)N1[CH-]N(S(C)(=O)=O)CC1. The molecule has 0 spiro atoms. The second-order valence-corrected chi connectivity index (χ2v) is 15.5. The van der Waals surface area contributed by atoms with Gasteiger partial charge in [-0.25, -0.2) is 16.8 Å². The first-order valence-corrected chi connectivity index (χ1v) is 17.1. The number of nitrogens with two attached hydrogens (primary N) is 1. The van der Waals surface area contributed by atoms with Gasteiger partial charge in [0, 0.05) is 0 Å². The molecule has 1 aromatic carbocycles. The van der Waals surface area contributed by atoms with Crippen LogP contribution in [-0.4, -0.2) is 67.7 Å². The molecule has 9 nitrogen and oxygen atoms in total. The van der Waals surface area contributed by atoms with Gasteiger partial charge >= 0.3 is 107 Å². The van der Waals surface area contributed by atoms with Crippen LogP contribution in [0.4, 0.5) is 0 Å². The van der Waals surface area contributed by atoms with E-state index in [2.05, 4.69) is 0 Å². The van der Waals surface area contributed by atoms with Crippen LogP contribution < -0.4 is 10.5 Å². The Bertz CT molecular complexity index is 930. The third-order valence-corrected chi connectivity index (χ3v) is 7.55. The molecule has 0 radical (unpaired) electrons. The normalized spacial score (nSPS) is 17.1. The van der Waals surface area contributed by atoms with E-state index in [1.54, 1.807) is 23.7 Å². The number of hydrogen-bond acceptors (Lipinski definition) is 6. The van der Waals surface area contributed by atoms with E-state index < -0.39 is 45.6 Å². The molecular formula is C15H22Cl2N3O6RuS2-. The molecule has 0 saturated carbocycles. The Labute approximate surface area is 184 Å². The van der Waals surface area contributed by atoms with E-state index in [0.717, 1.165) is 33.4 Å². The van der Waals surface area contributed by atoms with Crippen LogP contribution in [0.5, 0.6) is 5.75 Å².